The Morgan fingerprint density at radius 3 is 2.53 bits per heavy atom. The van der Waals surface area contributed by atoms with Crippen molar-refractivity contribution in [3.05, 3.63) is 65.7 Å². The molecule has 0 spiro atoms. The molecule has 0 aliphatic carbocycles. The van der Waals surface area contributed by atoms with Crippen LogP contribution in [0.3, 0.4) is 0 Å². The van der Waals surface area contributed by atoms with Crippen LogP contribution in [0.15, 0.2) is 54.6 Å². The van der Waals surface area contributed by atoms with Crippen molar-refractivity contribution in [2.24, 2.45) is 5.92 Å². The molecule has 154 valence electrons. The minimum atomic E-state index is -0.763. The van der Waals surface area contributed by atoms with Gasteiger partial charge in [0.15, 0.2) is 0 Å². The van der Waals surface area contributed by atoms with E-state index in [2.05, 4.69) is 31.9 Å². The number of hydrogen-bond acceptors (Lipinski definition) is 4. The SMILES string of the molecule is COc1ccc(C(C)C(SC#P)C(C#N)C(=O)N2CCC(c3ccccc3)C2)cc1. The third-order valence-corrected chi connectivity index (χ3v) is 7.20. The zero-order valence-electron chi connectivity index (χ0n) is 17.2. The first kappa shape index (κ1) is 22.4. The van der Waals surface area contributed by atoms with Gasteiger partial charge in [0.05, 0.1) is 0 Å². The van der Waals surface area contributed by atoms with Crippen LogP contribution in [-0.4, -0.2) is 36.3 Å². The molecule has 2 aromatic carbocycles. The molecule has 1 heterocycles. The van der Waals surface area contributed by atoms with E-state index in [1.807, 2.05) is 54.3 Å². The van der Waals surface area contributed by atoms with Gasteiger partial charge < -0.3 is 0 Å². The summed E-state index contributed by atoms with van der Waals surface area (Å²) < 4.78 is 5.23. The molecule has 3 rings (SSSR count). The molecule has 6 heteroatoms. The molecule has 1 aliphatic heterocycles. The molecule has 0 radical (unpaired) electrons. The molecule has 1 fully saturated rings. The molecule has 1 aliphatic rings. The summed E-state index contributed by atoms with van der Waals surface area (Å²) in [6.07, 6.45) is 0.921. The van der Waals surface area contributed by atoms with Gasteiger partial charge in [-0.15, -0.1) is 0 Å². The van der Waals surface area contributed by atoms with E-state index < -0.39 is 5.92 Å². The van der Waals surface area contributed by atoms with Gasteiger partial charge in [-0.25, -0.2) is 0 Å². The van der Waals surface area contributed by atoms with Crippen LogP contribution in [0.25, 0.3) is 0 Å². The summed E-state index contributed by atoms with van der Waals surface area (Å²) in [5.41, 5.74) is 2.30. The van der Waals surface area contributed by atoms with Crippen LogP contribution < -0.4 is 4.74 Å². The van der Waals surface area contributed by atoms with E-state index >= 15 is 0 Å². The molecule has 4 unspecified atom stereocenters. The van der Waals surface area contributed by atoms with Gasteiger partial charge in [0.25, 0.3) is 0 Å². The van der Waals surface area contributed by atoms with Crippen molar-refractivity contribution in [3.8, 4) is 16.8 Å². The molecular weight excluding hydrogens is 411 g/mol. The average Bonchev–Trinajstić information content (AvgIpc) is 3.29. The monoisotopic (exact) mass is 436 g/mol. The molecule has 2 aromatic rings. The van der Waals surface area contributed by atoms with Crippen LogP contribution in [0.5, 0.6) is 5.75 Å². The van der Waals surface area contributed by atoms with Crippen molar-refractivity contribution >= 4 is 26.4 Å². The van der Waals surface area contributed by atoms with Gasteiger partial charge in [0.2, 0.25) is 0 Å². The fourth-order valence-electron chi connectivity index (χ4n) is 4.04. The van der Waals surface area contributed by atoms with Crippen molar-refractivity contribution in [2.45, 2.75) is 30.4 Å². The molecule has 4 nitrogen and oxygen atoms in total. The average molecular weight is 437 g/mol. The second-order valence-corrected chi connectivity index (χ2v) is 9.03. The normalized spacial score (nSPS) is 18.7. The van der Waals surface area contributed by atoms with E-state index in [0.717, 1.165) is 17.7 Å². The van der Waals surface area contributed by atoms with Gasteiger partial charge in [-0.3, -0.25) is 0 Å². The Hall–Kier alpha value is -2.24. The zero-order valence-corrected chi connectivity index (χ0v) is 18.9. The second-order valence-electron chi connectivity index (χ2n) is 7.52. The Morgan fingerprint density at radius 2 is 1.93 bits per heavy atom. The molecule has 0 N–H and O–H groups in total. The number of carbonyl (C=O) groups is 1. The number of rotatable bonds is 7. The molecule has 1 saturated heterocycles. The Kier molecular flexibility index (Phi) is 8.00. The summed E-state index contributed by atoms with van der Waals surface area (Å²) >= 11 is 1.32. The maximum absolute atomic E-state index is 13.3. The van der Waals surface area contributed by atoms with Crippen LogP contribution in [0.2, 0.25) is 0 Å². The van der Waals surface area contributed by atoms with Gasteiger partial charge in [0, 0.05) is 0 Å². The van der Waals surface area contributed by atoms with E-state index in [-0.39, 0.29) is 17.1 Å². The molecular formula is C24H25N2O2PS. The first-order chi connectivity index (χ1) is 14.6. The van der Waals surface area contributed by atoms with E-state index in [4.69, 9.17) is 4.74 Å². The van der Waals surface area contributed by atoms with Crippen LogP contribution in [0.1, 0.15) is 36.3 Å². The van der Waals surface area contributed by atoms with E-state index in [9.17, 15) is 10.1 Å². The number of methoxy groups -OCH3 is 1. The zero-order chi connectivity index (χ0) is 21.5. The van der Waals surface area contributed by atoms with Crippen molar-refractivity contribution in [1.29, 1.82) is 5.26 Å². The molecule has 4 atom stereocenters. The van der Waals surface area contributed by atoms with E-state index in [1.165, 1.54) is 17.3 Å². The number of benzene rings is 2. The number of amides is 1. The maximum atomic E-state index is 13.3. The molecule has 0 aromatic heterocycles. The summed E-state index contributed by atoms with van der Waals surface area (Å²) in [7, 11) is 5.76. The van der Waals surface area contributed by atoms with Crippen molar-refractivity contribution in [2.75, 3.05) is 20.2 Å². The molecule has 1 amide bonds. The van der Waals surface area contributed by atoms with Crippen molar-refractivity contribution in [3.63, 3.8) is 0 Å². The van der Waals surface area contributed by atoms with Crippen LogP contribution in [0.4, 0.5) is 0 Å². The number of ether oxygens (including phenoxy) is 1. The fraction of sp³-hybridized carbons (Fsp3) is 0.375. The number of nitriles is 1. The standard InChI is InChI=1S/C24H25N2O2PS/c1-17(18-8-10-21(28-2)11-9-18)23(30-16-29)22(14-25)24(27)26-13-12-20(15-26)19-6-4-3-5-7-19/h3-11,17,20,22-23H,12-13,15H2,1-2H3. The first-order valence-corrected chi connectivity index (χ1v) is 11.3. The first-order valence-electron chi connectivity index (χ1n) is 10.0. The van der Waals surface area contributed by atoms with Crippen molar-refractivity contribution < 1.29 is 9.53 Å². The predicted octanol–water partition coefficient (Wildman–Crippen LogP) is 5.38. The number of thioether (sulfide) groups is 1. The van der Waals surface area contributed by atoms with Crippen LogP contribution in [-0.2, 0) is 4.79 Å². The number of carbonyl (C=O) groups excluding carboxylic acids is 1. The predicted molar refractivity (Wildman–Crippen MR) is 123 cm³/mol. The Bertz CT molecular complexity index is 936. The topological polar surface area (TPSA) is 53.3 Å². The minimum absolute atomic E-state index is 0.0262. The van der Waals surface area contributed by atoms with Gasteiger partial charge in [0.1, 0.15) is 0 Å². The number of nitrogens with zero attached hydrogens (tertiary/aromatic N) is 2. The van der Waals surface area contributed by atoms with Gasteiger partial charge in [-0.2, -0.15) is 0 Å². The summed E-state index contributed by atoms with van der Waals surface area (Å²) in [4.78, 5) is 18.0. The van der Waals surface area contributed by atoms with Crippen LogP contribution >= 0.6 is 20.5 Å². The van der Waals surface area contributed by atoms with Crippen molar-refractivity contribution in [1.82, 2.24) is 4.90 Å². The summed E-state index contributed by atoms with van der Waals surface area (Å²) in [6, 6.07) is 20.3. The van der Waals surface area contributed by atoms with E-state index in [0.29, 0.717) is 19.0 Å². The fourth-order valence-corrected chi connectivity index (χ4v) is 5.20. The Balaban J connectivity index is 1.76. The third-order valence-electron chi connectivity index (χ3n) is 5.83. The van der Waals surface area contributed by atoms with Gasteiger partial charge in [-0.1, -0.05) is 0 Å². The Morgan fingerprint density at radius 1 is 1.23 bits per heavy atom. The van der Waals surface area contributed by atoms with E-state index in [1.54, 1.807) is 7.11 Å². The third kappa shape index (κ3) is 5.08. The quantitative estimate of drug-likeness (QED) is 0.547. The van der Waals surface area contributed by atoms with Crippen LogP contribution in [0, 0.1) is 22.2 Å². The second kappa shape index (κ2) is 10.7. The van der Waals surface area contributed by atoms with Gasteiger partial charge in [-0.05, 0) is 0 Å². The Labute approximate surface area is 185 Å². The summed E-state index contributed by atoms with van der Waals surface area (Å²) in [6.45, 7) is 3.38. The summed E-state index contributed by atoms with van der Waals surface area (Å²) in [5, 5.41) is 9.66. The number of likely N-dealkylation sites (tertiary alicyclic amines) is 1. The van der Waals surface area contributed by atoms with Gasteiger partial charge >= 0.3 is 185 Å². The molecule has 30 heavy (non-hydrogen) atoms. The molecule has 0 bridgehead atoms. The summed E-state index contributed by atoms with van der Waals surface area (Å²) in [5.74, 6) is 0.211. The number of hydrogen-bond donors (Lipinski definition) is 0. The molecule has 0 saturated carbocycles.